The van der Waals surface area contributed by atoms with Crippen molar-refractivity contribution in [1.29, 1.82) is 0 Å². The lowest BCUT2D eigenvalue weighted by Crippen LogP contribution is -2.05. The zero-order chi connectivity index (χ0) is 14.2. The van der Waals surface area contributed by atoms with Gasteiger partial charge in [0.2, 0.25) is 0 Å². The van der Waals surface area contributed by atoms with Gasteiger partial charge in [-0.05, 0) is 34.1 Å². The van der Waals surface area contributed by atoms with Crippen molar-refractivity contribution in [2.75, 3.05) is 0 Å². The Morgan fingerprint density at radius 1 is 1.00 bits per heavy atom. The summed E-state index contributed by atoms with van der Waals surface area (Å²) < 4.78 is 40.4. The molecule has 2 aromatic rings. The number of aliphatic hydroxyl groups is 1. The molecular weight excluding hydrogens is 344 g/mol. The van der Waals surface area contributed by atoms with E-state index in [1.165, 1.54) is 6.07 Å². The summed E-state index contributed by atoms with van der Waals surface area (Å²) in [5.74, 6) is -2.47. The summed E-state index contributed by atoms with van der Waals surface area (Å²) in [5, 5.41) is 10.2. The van der Waals surface area contributed by atoms with Gasteiger partial charge in [0.25, 0.3) is 0 Å². The lowest BCUT2D eigenvalue weighted by molar-refractivity contribution is 0.209. The van der Waals surface area contributed by atoms with E-state index >= 15 is 0 Å². The molecule has 0 heterocycles. The zero-order valence-electron chi connectivity index (χ0n) is 9.30. The lowest BCUT2D eigenvalue weighted by atomic mass is 10.0. The molecule has 0 aliphatic rings. The maximum absolute atomic E-state index is 13.7. The molecule has 0 bridgehead atoms. The summed E-state index contributed by atoms with van der Waals surface area (Å²) in [5.41, 5.74) is -0.405. The van der Waals surface area contributed by atoms with E-state index in [4.69, 9.17) is 11.6 Å². The quantitative estimate of drug-likeness (QED) is 0.784. The maximum atomic E-state index is 13.7. The van der Waals surface area contributed by atoms with Gasteiger partial charge in [0.05, 0.1) is 5.02 Å². The van der Waals surface area contributed by atoms with Crippen LogP contribution < -0.4 is 0 Å². The van der Waals surface area contributed by atoms with Gasteiger partial charge < -0.3 is 5.11 Å². The molecule has 1 atom stereocenters. The third-order valence-corrected chi connectivity index (χ3v) is 3.79. The first-order chi connectivity index (χ1) is 8.90. The second kappa shape index (κ2) is 5.53. The van der Waals surface area contributed by atoms with Crippen LogP contribution in [0.2, 0.25) is 5.02 Å². The van der Waals surface area contributed by atoms with Crippen molar-refractivity contribution < 1.29 is 18.3 Å². The molecule has 100 valence electrons. The van der Waals surface area contributed by atoms with Crippen LogP contribution in [0.15, 0.2) is 34.8 Å². The Bertz CT molecular complexity index is 634. The summed E-state index contributed by atoms with van der Waals surface area (Å²) >= 11 is 8.84. The van der Waals surface area contributed by atoms with Gasteiger partial charge in [0, 0.05) is 21.7 Å². The van der Waals surface area contributed by atoms with Crippen molar-refractivity contribution in [3.05, 3.63) is 68.4 Å². The van der Waals surface area contributed by atoms with Crippen LogP contribution in [0.4, 0.5) is 13.2 Å². The molecule has 6 heteroatoms. The molecular formula is C13H7BrClF3O. The third kappa shape index (κ3) is 2.94. The normalized spacial score (nSPS) is 12.5. The molecule has 1 nitrogen and oxygen atoms in total. The highest BCUT2D eigenvalue weighted by molar-refractivity contribution is 9.10. The number of hydrogen-bond donors (Lipinski definition) is 1. The Morgan fingerprint density at radius 3 is 2.26 bits per heavy atom. The predicted octanol–water partition coefficient (Wildman–Crippen LogP) is 4.60. The molecule has 0 spiro atoms. The van der Waals surface area contributed by atoms with Crippen LogP contribution in [0, 0.1) is 17.5 Å². The van der Waals surface area contributed by atoms with Gasteiger partial charge in [-0.15, -0.1) is 0 Å². The van der Waals surface area contributed by atoms with E-state index in [1.54, 1.807) is 0 Å². The lowest BCUT2D eigenvalue weighted by Gasteiger charge is -2.14. The van der Waals surface area contributed by atoms with Crippen LogP contribution in [0.1, 0.15) is 17.2 Å². The Morgan fingerprint density at radius 2 is 1.63 bits per heavy atom. The number of rotatable bonds is 2. The first kappa shape index (κ1) is 14.4. The first-order valence-electron chi connectivity index (χ1n) is 5.17. The highest BCUT2D eigenvalue weighted by Gasteiger charge is 2.20. The summed E-state index contributed by atoms with van der Waals surface area (Å²) in [6, 6.07) is 4.93. The van der Waals surface area contributed by atoms with Crippen molar-refractivity contribution in [2.24, 2.45) is 0 Å². The highest BCUT2D eigenvalue weighted by atomic mass is 79.9. The van der Waals surface area contributed by atoms with E-state index in [0.717, 1.165) is 18.2 Å². The number of benzene rings is 2. The Kier molecular flexibility index (Phi) is 4.18. The van der Waals surface area contributed by atoms with E-state index in [1.807, 2.05) is 0 Å². The SMILES string of the molecule is OC(c1ccc(F)cc1F)c1cc(Cl)c(Br)cc1F. The van der Waals surface area contributed by atoms with Crippen LogP contribution in [-0.4, -0.2) is 5.11 Å². The van der Waals surface area contributed by atoms with E-state index in [-0.39, 0.29) is 16.1 Å². The Labute approximate surface area is 120 Å². The van der Waals surface area contributed by atoms with E-state index in [2.05, 4.69) is 15.9 Å². The average Bonchev–Trinajstić information content (AvgIpc) is 2.33. The van der Waals surface area contributed by atoms with Gasteiger partial charge in [-0.3, -0.25) is 0 Å². The standard InChI is InChI=1S/C13H7BrClF3O/c14-9-5-12(18)8(4-10(9)15)13(19)7-2-1-6(16)3-11(7)17/h1-5,13,19H. The first-order valence-corrected chi connectivity index (χ1v) is 6.34. The fourth-order valence-electron chi connectivity index (χ4n) is 1.64. The summed E-state index contributed by atoms with van der Waals surface area (Å²) in [6.07, 6.45) is -1.56. The number of hydrogen-bond acceptors (Lipinski definition) is 1. The molecule has 2 rings (SSSR count). The van der Waals surface area contributed by atoms with E-state index < -0.39 is 23.6 Å². The van der Waals surface area contributed by atoms with Gasteiger partial charge in [-0.1, -0.05) is 17.7 Å². The number of halogens is 5. The molecule has 1 N–H and O–H groups in total. The summed E-state index contributed by atoms with van der Waals surface area (Å²) in [4.78, 5) is 0. The van der Waals surface area contributed by atoms with Gasteiger partial charge >= 0.3 is 0 Å². The largest absolute Gasteiger partial charge is 0.383 e. The van der Waals surface area contributed by atoms with Gasteiger partial charge in [0.1, 0.15) is 23.6 Å². The second-order valence-electron chi connectivity index (χ2n) is 3.86. The molecule has 1 unspecified atom stereocenters. The minimum absolute atomic E-state index is 0.179. The van der Waals surface area contributed by atoms with E-state index in [9.17, 15) is 18.3 Å². The minimum atomic E-state index is -1.56. The van der Waals surface area contributed by atoms with Gasteiger partial charge in [0.15, 0.2) is 0 Å². The predicted molar refractivity (Wildman–Crippen MR) is 69.5 cm³/mol. The maximum Gasteiger partial charge on any atom is 0.132 e. The fraction of sp³-hybridized carbons (Fsp3) is 0.0769. The molecule has 0 saturated heterocycles. The highest BCUT2D eigenvalue weighted by Crippen LogP contribution is 2.32. The zero-order valence-corrected chi connectivity index (χ0v) is 11.6. The van der Waals surface area contributed by atoms with Gasteiger partial charge in [-0.2, -0.15) is 0 Å². The second-order valence-corrected chi connectivity index (χ2v) is 5.12. The molecule has 0 aliphatic carbocycles. The number of aliphatic hydroxyl groups excluding tert-OH is 1. The minimum Gasteiger partial charge on any atom is -0.383 e. The summed E-state index contributed by atoms with van der Waals surface area (Å²) in [7, 11) is 0. The molecule has 0 aliphatic heterocycles. The molecule has 2 aromatic carbocycles. The molecule has 0 saturated carbocycles. The van der Waals surface area contributed by atoms with Crippen molar-refractivity contribution in [1.82, 2.24) is 0 Å². The Hall–Kier alpha value is -1.04. The van der Waals surface area contributed by atoms with Crippen LogP contribution in [-0.2, 0) is 0 Å². The van der Waals surface area contributed by atoms with Crippen molar-refractivity contribution in [3.8, 4) is 0 Å². The van der Waals surface area contributed by atoms with E-state index in [0.29, 0.717) is 10.5 Å². The topological polar surface area (TPSA) is 20.2 Å². The Balaban J connectivity index is 2.49. The van der Waals surface area contributed by atoms with Gasteiger partial charge in [-0.25, -0.2) is 13.2 Å². The monoisotopic (exact) mass is 350 g/mol. The molecule has 0 aromatic heterocycles. The smallest absolute Gasteiger partial charge is 0.132 e. The molecule has 0 fully saturated rings. The van der Waals surface area contributed by atoms with Crippen molar-refractivity contribution >= 4 is 27.5 Å². The third-order valence-electron chi connectivity index (χ3n) is 2.59. The van der Waals surface area contributed by atoms with Crippen molar-refractivity contribution in [3.63, 3.8) is 0 Å². The van der Waals surface area contributed by atoms with Crippen LogP contribution in [0.5, 0.6) is 0 Å². The molecule has 0 radical (unpaired) electrons. The van der Waals surface area contributed by atoms with Crippen LogP contribution in [0.3, 0.4) is 0 Å². The van der Waals surface area contributed by atoms with Crippen molar-refractivity contribution in [2.45, 2.75) is 6.10 Å². The average molecular weight is 352 g/mol. The molecule has 19 heavy (non-hydrogen) atoms. The molecule has 0 amide bonds. The van der Waals surface area contributed by atoms with Crippen LogP contribution in [0.25, 0.3) is 0 Å². The summed E-state index contributed by atoms with van der Waals surface area (Å²) in [6.45, 7) is 0. The fourth-order valence-corrected chi connectivity index (χ4v) is 2.13. The van der Waals surface area contributed by atoms with Crippen LogP contribution >= 0.6 is 27.5 Å².